The Bertz CT molecular complexity index is 2380. The summed E-state index contributed by atoms with van der Waals surface area (Å²) in [6.07, 6.45) is 8.69. The third-order valence-corrected chi connectivity index (χ3v) is 12.1. The predicted octanol–water partition coefficient (Wildman–Crippen LogP) is 14.8. The molecule has 0 unspecified atom stereocenters. The zero-order chi connectivity index (χ0) is 41.3. The van der Waals surface area contributed by atoms with Crippen LogP contribution in [0, 0.1) is 0 Å². The fourth-order valence-electron chi connectivity index (χ4n) is 6.77. The quantitative estimate of drug-likeness (QED) is 0.103. The van der Waals surface area contributed by atoms with E-state index in [-0.39, 0.29) is 0 Å². The summed E-state index contributed by atoms with van der Waals surface area (Å²) in [6.45, 7) is 0. The van der Waals surface area contributed by atoms with Crippen molar-refractivity contribution in [2.24, 2.45) is 0 Å². The summed E-state index contributed by atoms with van der Waals surface area (Å²) < 4.78 is 21.7. The first-order chi connectivity index (χ1) is 29.5. The van der Waals surface area contributed by atoms with E-state index in [4.69, 9.17) is 18.9 Å². The Balaban J connectivity index is 0.930. The van der Waals surface area contributed by atoms with Crippen LogP contribution in [-0.4, -0.2) is 28.4 Å². The van der Waals surface area contributed by atoms with Crippen molar-refractivity contribution in [2.75, 3.05) is 38.2 Å². The highest BCUT2D eigenvalue weighted by atomic mass is 32.1. The van der Waals surface area contributed by atoms with Gasteiger partial charge in [0.2, 0.25) is 0 Å². The van der Waals surface area contributed by atoms with Gasteiger partial charge in [-0.3, -0.25) is 0 Å². The largest absolute Gasteiger partial charge is 0.497 e. The molecule has 6 aromatic carbocycles. The van der Waals surface area contributed by atoms with E-state index in [9.17, 15) is 0 Å². The minimum atomic E-state index is 0.823. The van der Waals surface area contributed by atoms with E-state index in [1.807, 2.05) is 48.5 Å². The second kappa shape index (κ2) is 18.7. The summed E-state index contributed by atoms with van der Waals surface area (Å²) in [5.74, 6) is 3.29. The number of hydrogen-bond donors (Lipinski definition) is 0. The van der Waals surface area contributed by atoms with Crippen LogP contribution in [0.15, 0.2) is 170 Å². The van der Waals surface area contributed by atoms with Crippen LogP contribution in [0.3, 0.4) is 0 Å². The highest BCUT2D eigenvalue weighted by molar-refractivity contribution is 7.17. The molecule has 0 N–H and O–H groups in total. The lowest BCUT2D eigenvalue weighted by Gasteiger charge is -2.24. The molecule has 298 valence electrons. The number of ether oxygens (including phenoxy) is 4. The molecule has 8 aromatic rings. The topological polar surface area (TPSA) is 43.4 Å². The highest BCUT2D eigenvalue weighted by Crippen LogP contribution is 2.42. The van der Waals surface area contributed by atoms with E-state index in [1.54, 1.807) is 51.1 Å². The molecule has 0 aliphatic rings. The van der Waals surface area contributed by atoms with Gasteiger partial charge in [0.25, 0.3) is 0 Å². The highest BCUT2D eigenvalue weighted by Gasteiger charge is 2.16. The summed E-state index contributed by atoms with van der Waals surface area (Å²) in [4.78, 5) is 6.82. The number of nitrogens with zero attached hydrogens (tertiary/aromatic N) is 2. The molecule has 0 saturated carbocycles. The molecule has 6 nitrogen and oxygen atoms in total. The standard InChI is InChI=1S/C52H44N2O4S2/c1-55-45-23-15-41(16-24-45)53(42-17-25-46(56-2)26-18-42)51-35-33-49(59-51)31-9-37-5-11-39(12-6-37)40-13-7-38(8-14-40)10-32-50-34-36-52(60-50)54(43-19-27-47(57-3)28-20-43)44-21-29-48(58-4)30-22-44/h5-36H,1-4H3/b31-9+,32-10+. The smallest absolute Gasteiger partial charge is 0.119 e. The molecule has 60 heavy (non-hydrogen) atoms. The van der Waals surface area contributed by atoms with Crippen LogP contribution in [0.1, 0.15) is 20.9 Å². The van der Waals surface area contributed by atoms with E-state index in [2.05, 4.69) is 155 Å². The van der Waals surface area contributed by atoms with Crippen molar-refractivity contribution in [3.63, 3.8) is 0 Å². The molecule has 0 saturated heterocycles. The predicted molar refractivity (Wildman–Crippen MR) is 254 cm³/mol. The number of benzene rings is 6. The fraction of sp³-hybridized carbons (Fsp3) is 0.0769. The lowest BCUT2D eigenvalue weighted by Crippen LogP contribution is -2.08. The molecule has 0 aliphatic carbocycles. The molecule has 8 heteroatoms. The number of anilines is 6. The van der Waals surface area contributed by atoms with Crippen molar-refractivity contribution < 1.29 is 18.9 Å². The molecule has 0 bridgehead atoms. The minimum Gasteiger partial charge on any atom is -0.497 e. The van der Waals surface area contributed by atoms with Gasteiger partial charge < -0.3 is 28.7 Å². The Hall–Kier alpha value is -7.00. The van der Waals surface area contributed by atoms with Crippen molar-refractivity contribution in [2.45, 2.75) is 0 Å². The van der Waals surface area contributed by atoms with Gasteiger partial charge in [0.05, 0.1) is 28.4 Å². The number of hydrogen-bond acceptors (Lipinski definition) is 8. The Labute approximate surface area is 360 Å². The second-order valence-electron chi connectivity index (χ2n) is 13.7. The molecule has 2 aromatic heterocycles. The van der Waals surface area contributed by atoms with Gasteiger partial charge in [0, 0.05) is 32.5 Å². The summed E-state index contributed by atoms with van der Waals surface area (Å²) >= 11 is 3.48. The summed E-state index contributed by atoms with van der Waals surface area (Å²) in [5.41, 5.74) is 8.84. The fourth-order valence-corrected chi connectivity index (χ4v) is 8.67. The van der Waals surface area contributed by atoms with Gasteiger partial charge in [-0.15, -0.1) is 22.7 Å². The van der Waals surface area contributed by atoms with Gasteiger partial charge in [-0.25, -0.2) is 0 Å². The van der Waals surface area contributed by atoms with E-state index >= 15 is 0 Å². The maximum absolute atomic E-state index is 5.41. The van der Waals surface area contributed by atoms with Crippen molar-refractivity contribution >= 4 is 79.7 Å². The van der Waals surface area contributed by atoms with Crippen LogP contribution in [0.2, 0.25) is 0 Å². The van der Waals surface area contributed by atoms with Crippen LogP contribution in [0.5, 0.6) is 23.0 Å². The first-order valence-electron chi connectivity index (χ1n) is 19.4. The van der Waals surface area contributed by atoms with Crippen LogP contribution in [0.25, 0.3) is 35.4 Å². The molecule has 0 atom stereocenters. The maximum Gasteiger partial charge on any atom is 0.119 e. The lowest BCUT2D eigenvalue weighted by atomic mass is 10.0. The number of methoxy groups -OCH3 is 4. The monoisotopic (exact) mass is 824 g/mol. The normalized spacial score (nSPS) is 11.2. The Morgan fingerprint density at radius 2 is 0.600 bits per heavy atom. The molecule has 0 aliphatic heterocycles. The Kier molecular flexibility index (Phi) is 12.4. The second-order valence-corrected chi connectivity index (χ2v) is 15.9. The van der Waals surface area contributed by atoms with E-state index in [0.29, 0.717) is 0 Å². The van der Waals surface area contributed by atoms with Crippen LogP contribution >= 0.6 is 22.7 Å². The SMILES string of the molecule is COc1ccc(N(c2ccc(OC)cc2)c2ccc(/C=C/c3ccc(-c4ccc(/C=C/c5ccc(N(c6ccc(OC)cc6)c6ccc(OC)cc6)s5)cc4)cc3)s2)cc1. The summed E-state index contributed by atoms with van der Waals surface area (Å²) in [6, 6.07) is 58.6. The van der Waals surface area contributed by atoms with Gasteiger partial charge >= 0.3 is 0 Å². The van der Waals surface area contributed by atoms with Crippen molar-refractivity contribution in [1.82, 2.24) is 0 Å². The number of rotatable bonds is 15. The van der Waals surface area contributed by atoms with Crippen molar-refractivity contribution in [1.29, 1.82) is 0 Å². The average molecular weight is 825 g/mol. The van der Waals surface area contributed by atoms with Gasteiger partial charge in [-0.2, -0.15) is 0 Å². The van der Waals surface area contributed by atoms with E-state index < -0.39 is 0 Å². The van der Waals surface area contributed by atoms with Crippen LogP contribution < -0.4 is 28.7 Å². The van der Waals surface area contributed by atoms with Crippen molar-refractivity contribution in [3.8, 4) is 34.1 Å². The lowest BCUT2D eigenvalue weighted by molar-refractivity contribution is 0.414. The average Bonchev–Trinajstić information content (AvgIpc) is 3.99. The Morgan fingerprint density at radius 3 is 0.867 bits per heavy atom. The van der Waals surface area contributed by atoms with Gasteiger partial charge in [-0.1, -0.05) is 60.7 Å². The minimum absolute atomic E-state index is 0.823. The maximum atomic E-state index is 5.41. The molecule has 0 spiro atoms. The molecular formula is C52H44N2O4S2. The molecule has 0 amide bonds. The first-order valence-corrected chi connectivity index (χ1v) is 21.1. The van der Waals surface area contributed by atoms with Crippen LogP contribution in [0.4, 0.5) is 32.8 Å². The molecular weight excluding hydrogens is 781 g/mol. The first kappa shape index (κ1) is 39.8. The van der Waals surface area contributed by atoms with Crippen molar-refractivity contribution in [3.05, 3.63) is 191 Å². The van der Waals surface area contributed by atoms with Gasteiger partial charge in [-0.05, 0) is 156 Å². The third kappa shape index (κ3) is 9.31. The zero-order valence-electron chi connectivity index (χ0n) is 33.8. The number of thiophene rings is 2. The van der Waals surface area contributed by atoms with Crippen LogP contribution in [-0.2, 0) is 0 Å². The van der Waals surface area contributed by atoms with E-state index in [1.165, 1.54) is 11.1 Å². The molecule has 8 rings (SSSR count). The molecule has 0 fully saturated rings. The molecule has 0 radical (unpaired) electrons. The summed E-state index contributed by atoms with van der Waals surface area (Å²) in [5, 5.41) is 2.22. The Morgan fingerprint density at radius 1 is 0.317 bits per heavy atom. The van der Waals surface area contributed by atoms with Gasteiger partial charge in [0.1, 0.15) is 33.0 Å². The van der Waals surface area contributed by atoms with E-state index in [0.717, 1.165) is 76.6 Å². The third-order valence-electron chi connectivity index (χ3n) is 10.0. The molecule has 2 heterocycles. The van der Waals surface area contributed by atoms with Gasteiger partial charge in [0.15, 0.2) is 0 Å². The summed E-state index contributed by atoms with van der Waals surface area (Å²) in [7, 11) is 6.74. The zero-order valence-corrected chi connectivity index (χ0v) is 35.5.